The van der Waals surface area contributed by atoms with E-state index in [1.807, 2.05) is 0 Å². The summed E-state index contributed by atoms with van der Waals surface area (Å²) < 4.78 is 16.9. The molecule has 0 amide bonds. The molecular weight excluding hydrogens is 901 g/mol. The van der Waals surface area contributed by atoms with Crippen molar-refractivity contribution in [2.45, 2.75) is 322 Å². The summed E-state index contributed by atoms with van der Waals surface area (Å²) >= 11 is 0. The van der Waals surface area contributed by atoms with E-state index in [1.165, 1.54) is 173 Å². The first-order valence-electron chi connectivity index (χ1n) is 31.4. The molecule has 1 atom stereocenters. The first-order chi connectivity index (χ1) is 36.0. The maximum atomic E-state index is 12.9. The Kier molecular flexibility index (Phi) is 58.7. The lowest BCUT2D eigenvalue weighted by molar-refractivity contribution is -0.167. The Labute approximate surface area is 453 Å². The van der Waals surface area contributed by atoms with E-state index in [9.17, 15) is 14.4 Å². The Hall–Kier alpha value is -3.15. The van der Waals surface area contributed by atoms with Crippen molar-refractivity contribution < 1.29 is 28.6 Å². The Morgan fingerprint density at radius 1 is 0.288 bits per heavy atom. The molecule has 0 saturated carbocycles. The monoisotopic (exact) mass is 1020 g/mol. The van der Waals surface area contributed by atoms with Gasteiger partial charge in [-0.2, -0.15) is 0 Å². The van der Waals surface area contributed by atoms with Crippen LogP contribution in [-0.4, -0.2) is 37.2 Å². The molecule has 0 spiro atoms. The van der Waals surface area contributed by atoms with Crippen LogP contribution in [0.1, 0.15) is 316 Å². The van der Waals surface area contributed by atoms with Crippen molar-refractivity contribution in [3.8, 4) is 0 Å². The minimum absolute atomic E-state index is 0.0793. The number of carbonyl (C=O) groups is 3. The lowest BCUT2D eigenvalue weighted by Crippen LogP contribution is -2.30. The zero-order valence-corrected chi connectivity index (χ0v) is 48.4. The highest BCUT2D eigenvalue weighted by atomic mass is 16.6. The van der Waals surface area contributed by atoms with Crippen molar-refractivity contribution in [1.82, 2.24) is 0 Å². The second kappa shape index (κ2) is 61.4. The van der Waals surface area contributed by atoms with Gasteiger partial charge in [-0.3, -0.25) is 14.4 Å². The Balaban J connectivity index is 4.25. The van der Waals surface area contributed by atoms with Crippen LogP contribution < -0.4 is 0 Å². The molecule has 0 aliphatic heterocycles. The van der Waals surface area contributed by atoms with Gasteiger partial charge in [-0.1, -0.05) is 261 Å². The molecule has 0 saturated heterocycles. The number of hydrogen-bond donors (Lipinski definition) is 0. The fraction of sp³-hybridized carbons (Fsp3) is 0.776. The van der Waals surface area contributed by atoms with E-state index < -0.39 is 6.10 Å². The third-order valence-electron chi connectivity index (χ3n) is 13.7. The normalized spacial score (nSPS) is 12.5. The van der Waals surface area contributed by atoms with Crippen molar-refractivity contribution in [3.63, 3.8) is 0 Å². The van der Waals surface area contributed by atoms with Crippen LogP contribution in [0.4, 0.5) is 0 Å². The van der Waals surface area contributed by atoms with Gasteiger partial charge < -0.3 is 14.2 Å². The zero-order chi connectivity index (χ0) is 52.9. The van der Waals surface area contributed by atoms with Crippen LogP contribution in [-0.2, 0) is 28.6 Å². The smallest absolute Gasteiger partial charge is 0.306 e. The van der Waals surface area contributed by atoms with Crippen molar-refractivity contribution in [1.29, 1.82) is 0 Å². The Bertz CT molecular complexity index is 1360. The van der Waals surface area contributed by atoms with Crippen LogP contribution in [0.5, 0.6) is 0 Å². The van der Waals surface area contributed by atoms with Crippen molar-refractivity contribution in [2.24, 2.45) is 0 Å². The number of unbranched alkanes of at least 4 members (excludes halogenated alkanes) is 34. The predicted octanol–water partition coefficient (Wildman–Crippen LogP) is 21.3. The van der Waals surface area contributed by atoms with Gasteiger partial charge in [0.15, 0.2) is 6.10 Å². The Morgan fingerprint density at radius 2 is 0.534 bits per heavy atom. The second-order valence-corrected chi connectivity index (χ2v) is 20.9. The molecule has 6 nitrogen and oxygen atoms in total. The van der Waals surface area contributed by atoms with Gasteiger partial charge in [0.2, 0.25) is 0 Å². The molecule has 0 aliphatic rings. The molecule has 422 valence electrons. The topological polar surface area (TPSA) is 78.9 Å². The summed E-state index contributed by atoms with van der Waals surface area (Å²) in [6.45, 7) is 6.52. The molecule has 0 radical (unpaired) electrons. The van der Waals surface area contributed by atoms with E-state index in [0.29, 0.717) is 19.3 Å². The summed E-state index contributed by atoms with van der Waals surface area (Å²) in [5.74, 6) is -0.884. The third-order valence-corrected chi connectivity index (χ3v) is 13.7. The van der Waals surface area contributed by atoms with Gasteiger partial charge >= 0.3 is 17.9 Å². The van der Waals surface area contributed by atoms with E-state index in [2.05, 4.69) is 93.7 Å². The van der Waals surface area contributed by atoms with Gasteiger partial charge in [-0.15, -0.1) is 0 Å². The third kappa shape index (κ3) is 59.6. The van der Waals surface area contributed by atoms with E-state index in [4.69, 9.17) is 14.2 Å². The number of esters is 3. The van der Waals surface area contributed by atoms with Crippen molar-refractivity contribution in [3.05, 3.63) is 72.9 Å². The van der Waals surface area contributed by atoms with E-state index in [-0.39, 0.29) is 31.1 Å². The van der Waals surface area contributed by atoms with Gasteiger partial charge in [-0.25, -0.2) is 0 Å². The fourth-order valence-corrected chi connectivity index (χ4v) is 8.95. The lowest BCUT2D eigenvalue weighted by Gasteiger charge is -2.18. The number of ether oxygens (including phenoxy) is 3. The lowest BCUT2D eigenvalue weighted by atomic mass is 10.0. The number of rotatable bonds is 57. The van der Waals surface area contributed by atoms with E-state index in [1.54, 1.807) is 0 Å². The summed E-state index contributed by atoms with van der Waals surface area (Å²) in [7, 11) is 0. The number of allylic oxidation sites excluding steroid dienone is 12. The summed E-state index contributed by atoms with van der Waals surface area (Å²) in [5, 5.41) is 0. The van der Waals surface area contributed by atoms with Crippen molar-refractivity contribution >= 4 is 17.9 Å². The molecule has 0 aliphatic carbocycles. The van der Waals surface area contributed by atoms with Crippen LogP contribution in [0.25, 0.3) is 0 Å². The van der Waals surface area contributed by atoms with Crippen LogP contribution in [0.3, 0.4) is 0 Å². The zero-order valence-electron chi connectivity index (χ0n) is 48.4. The quantitative estimate of drug-likeness (QED) is 0.0261. The highest BCUT2D eigenvalue weighted by Crippen LogP contribution is 2.16. The molecule has 1 unspecified atom stereocenters. The van der Waals surface area contributed by atoms with Crippen LogP contribution in [0, 0.1) is 0 Å². The SMILES string of the molecule is CC/C=C\C/C=C\C/C=C\C/C=C\CCCCCCCCCCCCCCCCC(=O)OCC(COC(=O)CCCCCCC/C=C\CCCCCC)OC(=O)CCCCCCC/C=C\CCCCCCCC. The average Bonchev–Trinajstić information content (AvgIpc) is 3.39. The largest absolute Gasteiger partial charge is 0.462 e. The summed E-state index contributed by atoms with van der Waals surface area (Å²) in [5.41, 5.74) is 0. The van der Waals surface area contributed by atoms with Gasteiger partial charge in [0.05, 0.1) is 0 Å². The van der Waals surface area contributed by atoms with Crippen LogP contribution in [0.2, 0.25) is 0 Å². The Morgan fingerprint density at radius 3 is 0.863 bits per heavy atom. The average molecular weight is 1020 g/mol. The van der Waals surface area contributed by atoms with Gasteiger partial charge in [-0.05, 0) is 109 Å². The van der Waals surface area contributed by atoms with Crippen molar-refractivity contribution in [2.75, 3.05) is 13.2 Å². The molecule has 0 bridgehead atoms. The number of hydrogen-bond acceptors (Lipinski definition) is 6. The van der Waals surface area contributed by atoms with Gasteiger partial charge in [0.25, 0.3) is 0 Å². The molecule has 0 N–H and O–H groups in total. The highest BCUT2D eigenvalue weighted by molar-refractivity contribution is 5.71. The first-order valence-corrected chi connectivity index (χ1v) is 31.4. The van der Waals surface area contributed by atoms with E-state index >= 15 is 0 Å². The minimum Gasteiger partial charge on any atom is -0.462 e. The summed E-state index contributed by atoms with van der Waals surface area (Å²) in [6, 6.07) is 0. The summed E-state index contributed by atoms with van der Waals surface area (Å²) in [6.07, 6.45) is 79.1. The molecule has 0 aromatic rings. The maximum Gasteiger partial charge on any atom is 0.306 e. The van der Waals surface area contributed by atoms with Crippen LogP contribution >= 0.6 is 0 Å². The first kappa shape index (κ1) is 69.8. The molecule has 0 heterocycles. The standard InChI is InChI=1S/C67H118O6/c1-4-7-10-13-16-19-22-25-27-28-29-30-31-32-33-34-35-36-37-38-40-42-45-48-51-54-57-60-66(69)72-63-64(62-71-65(68)59-56-53-50-47-44-41-24-21-18-15-12-9-6-3)73-67(70)61-58-55-52-49-46-43-39-26-23-20-17-14-11-8-5-2/h7,10,16,19,21,24-27,29-30,39,64H,4-6,8-9,11-15,17-18,20,22-23,28,31-38,40-63H2,1-3H3/b10-7-,19-16-,24-21-,27-25-,30-29-,39-26-. The summed E-state index contributed by atoms with van der Waals surface area (Å²) in [4.78, 5) is 38.2. The molecule has 0 fully saturated rings. The number of carbonyl (C=O) groups excluding carboxylic acids is 3. The molecule has 6 heteroatoms. The van der Waals surface area contributed by atoms with E-state index in [0.717, 1.165) is 103 Å². The minimum atomic E-state index is -0.782. The van der Waals surface area contributed by atoms with Crippen LogP contribution in [0.15, 0.2) is 72.9 Å². The molecule has 73 heavy (non-hydrogen) atoms. The van der Waals surface area contributed by atoms with Gasteiger partial charge in [0, 0.05) is 19.3 Å². The predicted molar refractivity (Wildman–Crippen MR) is 316 cm³/mol. The second-order valence-electron chi connectivity index (χ2n) is 20.9. The molecular formula is C67H118O6. The molecule has 0 aromatic heterocycles. The maximum absolute atomic E-state index is 12.9. The molecule has 0 aromatic carbocycles. The molecule has 0 rings (SSSR count). The fourth-order valence-electron chi connectivity index (χ4n) is 8.95. The van der Waals surface area contributed by atoms with Gasteiger partial charge in [0.1, 0.15) is 13.2 Å². The highest BCUT2D eigenvalue weighted by Gasteiger charge is 2.19.